The molecule has 0 aliphatic heterocycles. The molecule has 0 aliphatic carbocycles. The van der Waals surface area contributed by atoms with Crippen LogP contribution in [0, 0.1) is 0 Å². The van der Waals surface area contributed by atoms with Gasteiger partial charge in [0.15, 0.2) is 9.84 Å². The Morgan fingerprint density at radius 3 is 2.62 bits per heavy atom. The predicted octanol–water partition coefficient (Wildman–Crippen LogP) is 0.569. The number of hydrogen-bond acceptors (Lipinski definition) is 3. The minimum atomic E-state index is -3.21. The molecule has 1 radical (unpaired) electrons. The van der Waals surface area contributed by atoms with Gasteiger partial charge in [0.05, 0.1) is 4.90 Å². The van der Waals surface area contributed by atoms with E-state index in [1.807, 2.05) is 0 Å². The lowest BCUT2D eigenvalue weighted by molar-refractivity contribution is 0.561. The van der Waals surface area contributed by atoms with E-state index in [1.54, 1.807) is 12.1 Å². The van der Waals surface area contributed by atoms with E-state index in [1.165, 1.54) is 18.5 Å². The van der Waals surface area contributed by atoms with E-state index in [9.17, 15) is 13.2 Å². The lowest BCUT2D eigenvalue weighted by Crippen LogP contribution is -1.99. The highest BCUT2D eigenvalue weighted by atomic mass is 32.2. The SMILES string of the molecule is CS(=O)(=O)c1cccc(N[C]=O)c1. The highest BCUT2D eigenvalue weighted by molar-refractivity contribution is 7.90. The van der Waals surface area contributed by atoms with Gasteiger partial charge in [-0.1, -0.05) is 6.07 Å². The van der Waals surface area contributed by atoms with Crippen LogP contribution in [-0.2, 0) is 14.6 Å². The Morgan fingerprint density at radius 2 is 2.08 bits per heavy atom. The molecule has 1 N–H and O–H groups in total. The largest absolute Gasteiger partial charge is 0.318 e. The lowest BCUT2D eigenvalue weighted by Gasteiger charge is -2.00. The van der Waals surface area contributed by atoms with Gasteiger partial charge in [0.1, 0.15) is 0 Å². The molecule has 0 saturated heterocycles. The second-order valence-corrected chi connectivity index (χ2v) is 4.54. The summed E-state index contributed by atoms with van der Waals surface area (Å²) in [6, 6.07) is 5.97. The zero-order valence-electron chi connectivity index (χ0n) is 6.94. The van der Waals surface area contributed by atoms with Gasteiger partial charge in [-0.05, 0) is 18.2 Å². The van der Waals surface area contributed by atoms with Gasteiger partial charge in [0.2, 0.25) is 0 Å². The molecule has 0 aromatic heterocycles. The lowest BCUT2D eigenvalue weighted by atomic mass is 10.3. The zero-order valence-corrected chi connectivity index (χ0v) is 7.76. The molecule has 0 heterocycles. The fraction of sp³-hybridized carbons (Fsp3) is 0.125. The molecule has 4 nitrogen and oxygen atoms in total. The zero-order chi connectivity index (χ0) is 9.90. The highest BCUT2D eigenvalue weighted by Crippen LogP contribution is 2.14. The molecule has 0 atom stereocenters. The molecule has 0 spiro atoms. The molecule has 0 fully saturated rings. The number of sulfone groups is 1. The van der Waals surface area contributed by atoms with Gasteiger partial charge >= 0.3 is 6.41 Å². The second kappa shape index (κ2) is 3.57. The Kier molecular flexibility index (Phi) is 2.67. The molecule has 1 rings (SSSR count). The summed E-state index contributed by atoms with van der Waals surface area (Å²) >= 11 is 0. The number of anilines is 1. The van der Waals surface area contributed by atoms with Crippen LogP contribution >= 0.6 is 0 Å². The topological polar surface area (TPSA) is 63.2 Å². The molecule has 13 heavy (non-hydrogen) atoms. The smallest absolute Gasteiger partial charge is 0.314 e. The molecular weight excluding hydrogens is 190 g/mol. The summed E-state index contributed by atoms with van der Waals surface area (Å²) in [5.74, 6) is 0. The van der Waals surface area contributed by atoms with E-state index in [4.69, 9.17) is 0 Å². The molecule has 0 bridgehead atoms. The van der Waals surface area contributed by atoms with Crippen molar-refractivity contribution in [2.45, 2.75) is 4.90 Å². The maximum absolute atomic E-state index is 11.1. The summed E-state index contributed by atoms with van der Waals surface area (Å²) in [6.07, 6.45) is 2.58. The molecule has 5 heteroatoms. The number of amides is 1. The summed E-state index contributed by atoms with van der Waals surface area (Å²) in [5.41, 5.74) is 0.415. The second-order valence-electron chi connectivity index (χ2n) is 2.53. The predicted molar refractivity (Wildman–Crippen MR) is 48.9 cm³/mol. The van der Waals surface area contributed by atoms with Crippen LogP contribution in [0.2, 0.25) is 0 Å². The molecule has 0 saturated carbocycles. The quantitative estimate of drug-likeness (QED) is 0.722. The van der Waals surface area contributed by atoms with E-state index in [-0.39, 0.29) is 4.90 Å². The van der Waals surface area contributed by atoms with Crippen molar-refractivity contribution in [3.8, 4) is 0 Å². The van der Waals surface area contributed by atoms with Crippen LogP contribution in [0.15, 0.2) is 29.2 Å². The minimum Gasteiger partial charge on any atom is -0.318 e. The van der Waals surface area contributed by atoms with Gasteiger partial charge in [-0.15, -0.1) is 0 Å². The number of carbonyl (C=O) groups excluding carboxylic acids is 1. The van der Waals surface area contributed by atoms with Gasteiger partial charge in [0.25, 0.3) is 0 Å². The summed E-state index contributed by atoms with van der Waals surface area (Å²) in [7, 11) is -3.21. The third-order valence-electron chi connectivity index (χ3n) is 1.46. The Bertz CT molecular complexity index is 411. The number of benzene rings is 1. The first-order chi connectivity index (χ1) is 6.04. The van der Waals surface area contributed by atoms with Crippen molar-refractivity contribution >= 4 is 21.9 Å². The van der Waals surface area contributed by atoms with E-state index >= 15 is 0 Å². The van der Waals surface area contributed by atoms with E-state index in [2.05, 4.69) is 5.32 Å². The van der Waals surface area contributed by atoms with Crippen molar-refractivity contribution in [3.05, 3.63) is 24.3 Å². The molecule has 1 aromatic rings. The monoisotopic (exact) mass is 198 g/mol. The number of hydrogen-bond donors (Lipinski definition) is 1. The first kappa shape index (κ1) is 9.73. The molecule has 0 unspecified atom stereocenters. The first-order valence-electron chi connectivity index (χ1n) is 3.47. The van der Waals surface area contributed by atoms with Gasteiger partial charge < -0.3 is 5.32 Å². The molecule has 69 valence electrons. The maximum atomic E-state index is 11.1. The third kappa shape index (κ3) is 2.55. The van der Waals surface area contributed by atoms with E-state index in [0.717, 1.165) is 6.26 Å². The van der Waals surface area contributed by atoms with Gasteiger partial charge in [-0.2, -0.15) is 0 Å². The molecule has 1 amide bonds. The average molecular weight is 198 g/mol. The fourth-order valence-corrected chi connectivity index (χ4v) is 1.53. The summed E-state index contributed by atoms with van der Waals surface area (Å²) in [4.78, 5) is 10.1. The Hall–Kier alpha value is -1.36. The summed E-state index contributed by atoms with van der Waals surface area (Å²) in [6.45, 7) is 0. The Balaban J connectivity index is 3.13. The minimum absolute atomic E-state index is 0.174. The van der Waals surface area contributed by atoms with Crippen LogP contribution < -0.4 is 5.32 Å². The van der Waals surface area contributed by atoms with Crippen LogP contribution in [0.25, 0.3) is 0 Å². The Labute approximate surface area is 76.5 Å². The van der Waals surface area contributed by atoms with Crippen molar-refractivity contribution in [2.75, 3.05) is 11.6 Å². The van der Waals surface area contributed by atoms with Gasteiger partial charge in [-0.3, -0.25) is 4.79 Å². The van der Waals surface area contributed by atoms with Crippen molar-refractivity contribution < 1.29 is 13.2 Å². The van der Waals surface area contributed by atoms with E-state index in [0.29, 0.717) is 5.69 Å². The van der Waals surface area contributed by atoms with Crippen molar-refractivity contribution in [1.82, 2.24) is 0 Å². The van der Waals surface area contributed by atoms with Crippen molar-refractivity contribution in [3.63, 3.8) is 0 Å². The average Bonchev–Trinajstić information content (AvgIpc) is 2.04. The molecule has 0 aliphatic rings. The Morgan fingerprint density at radius 1 is 1.38 bits per heavy atom. The standard InChI is InChI=1S/C8H8NO3S/c1-13(11,12)8-4-2-3-7(5-8)9-6-10/h2-5H,1H3,(H,9,10). The first-order valence-corrected chi connectivity index (χ1v) is 5.36. The van der Waals surface area contributed by atoms with Gasteiger partial charge in [0, 0.05) is 11.9 Å². The normalized spacial score (nSPS) is 10.8. The van der Waals surface area contributed by atoms with Crippen molar-refractivity contribution in [2.24, 2.45) is 0 Å². The van der Waals surface area contributed by atoms with E-state index < -0.39 is 9.84 Å². The van der Waals surface area contributed by atoms with Gasteiger partial charge in [-0.25, -0.2) is 8.42 Å². The molecular formula is C8H8NO3S. The maximum Gasteiger partial charge on any atom is 0.314 e. The van der Waals surface area contributed by atoms with Crippen LogP contribution in [0.5, 0.6) is 0 Å². The third-order valence-corrected chi connectivity index (χ3v) is 2.57. The highest BCUT2D eigenvalue weighted by Gasteiger charge is 2.06. The molecule has 1 aromatic carbocycles. The number of nitrogens with one attached hydrogen (secondary N) is 1. The van der Waals surface area contributed by atoms with Crippen LogP contribution in [0.4, 0.5) is 5.69 Å². The van der Waals surface area contributed by atoms with Crippen molar-refractivity contribution in [1.29, 1.82) is 0 Å². The summed E-state index contributed by atoms with van der Waals surface area (Å²) in [5, 5.41) is 2.25. The van der Waals surface area contributed by atoms with Crippen LogP contribution in [0.1, 0.15) is 0 Å². The number of rotatable bonds is 3. The fourth-order valence-electron chi connectivity index (χ4n) is 0.863. The summed E-state index contributed by atoms with van der Waals surface area (Å²) < 4.78 is 22.1. The van der Waals surface area contributed by atoms with Crippen LogP contribution in [-0.4, -0.2) is 21.1 Å². The van der Waals surface area contributed by atoms with Crippen LogP contribution in [0.3, 0.4) is 0 Å².